The molecule has 6 atom stereocenters. The number of Topliss-reactive ketones (excluding diaryl/α,β-unsaturated/α-hetero) is 1. The third-order valence-electron chi connectivity index (χ3n) is 8.57. The molecule has 0 saturated heterocycles. The first-order valence-corrected chi connectivity index (χ1v) is 10.5. The van der Waals surface area contributed by atoms with Crippen molar-refractivity contribution >= 4 is 23.9 Å². The number of oxime groups is 1. The highest BCUT2D eigenvalue weighted by molar-refractivity contribution is 5.87. The van der Waals surface area contributed by atoms with Gasteiger partial charge in [-0.05, 0) is 74.0 Å². The van der Waals surface area contributed by atoms with E-state index in [0.29, 0.717) is 42.1 Å². The highest BCUT2D eigenvalue weighted by atomic mass is 35.5. The van der Waals surface area contributed by atoms with Crippen molar-refractivity contribution in [1.82, 2.24) is 0 Å². The van der Waals surface area contributed by atoms with Crippen LogP contribution in [-0.4, -0.2) is 24.6 Å². The summed E-state index contributed by atoms with van der Waals surface area (Å²) in [6.07, 6.45) is 8.48. The average molecular weight is 395 g/mol. The number of fused-ring (bicyclic) bond motifs is 5. The van der Waals surface area contributed by atoms with E-state index in [1.54, 1.807) is 0 Å². The van der Waals surface area contributed by atoms with Crippen LogP contribution in [0.1, 0.15) is 65.2 Å². The monoisotopic (exact) mass is 394 g/mol. The molecule has 4 fully saturated rings. The molecule has 4 aliphatic carbocycles. The quantitative estimate of drug-likeness (QED) is 0.435. The van der Waals surface area contributed by atoms with E-state index in [-0.39, 0.29) is 17.8 Å². The van der Waals surface area contributed by atoms with Gasteiger partial charge in [0.15, 0.2) is 0 Å². The summed E-state index contributed by atoms with van der Waals surface area (Å²) in [6.45, 7) is 10.3. The van der Waals surface area contributed by atoms with Gasteiger partial charge in [0.05, 0.1) is 5.71 Å². The number of allylic oxidation sites excluding steroid dienone is 1. The van der Waals surface area contributed by atoms with Gasteiger partial charge in [-0.3, -0.25) is 4.79 Å². The fraction of sp³-hybridized carbons (Fsp3) is 0.818. The Labute approximate surface area is 169 Å². The molecule has 0 amide bonds. The average Bonchev–Trinajstić information content (AvgIpc) is 2.92. The number of ketones is 1. The van der Waals surface area contributed by atoms with E-state index in [0.717, 1.165) is 44.4 Å². The lowest BCUT2D eigenvalue weighted by Gasteiger charge is -2.60. The van der Waals surface area contributed by atoms with Gasteiger partial charge in [-0.2, -0.15) is 0 Å². The molecule has 0 aromatic carbocycles. The molecule has 4 aliphatic rings. The van der Waals surface area contributed by atoms with Crippen LogP contribution in [0.4, 0.5) is 0 Å². The fourth-order valence-electron chi connectivity index (χ4n) is 7.09. The second kappa shape index (κ2) is 7.51. The van der Waals surface area contributed by atoms with E-state index in [2.05, 4.69) is 25.6 Å². The number of carbonyl (C=O) groups is 1. The molecular weight excluding hydrogens is 360 g/mol. The SMILES string of the molecule is C=C1C[C@@H]2[C@H](CC[C@]3(C)C(=O)CC[C@@H]23)[C@@]2(C)CCC(=NOCCN)CC12.Cl. The number of nitrogens with zero attached hydrogens (tertiary/aromatic N) is 1. The van der Waals surface area contributed by atoms with Crippen LogP contribution in [0.15, 0.2) is 17.3 Å². The number of nitrogens with two attached hydrogens (primary N) is 1. The first kappa shape index (κ1) is 20.9. The first-order chi connectivity index (χ1) is 12.4. The van der Waals surface area contributed by atoms with E-state index in [9.17, 15) is 4.79 Å². The molecule has 0 bridgehead atoms. The predicted octanol–water partition coefficient (Wildman–Crippen LogP) is 4.52. The van der Waals surface area contributed by atoms with Crippen LogP contribution in [0, 0.1) is 34.5 Å². The van der Waals surface area contributed by atoms with Crippen LogP contribution in [0.25, 0.3) is 0 Å². The number of rotatable bonds is 3. The number of carbonyl (C=O) groups excluding carboxylic acids is 1. The van der Waals surface area contributed by atoms with E-state index in [4.69, 9.17) is 10.6 Å². The zero-order valence-corrected chi connectivity index (χ0v) is 17.7. The van der Waals surface area contributed by atoms with Crippen molar-refractivity contribution in [3.05, 3.63) is 12.2 Å². The van der Waals surface area contributed by atoms with E-state index >= 15 is 0 Å². The Kier molecular flexibility index (Phi) is 5.80. The number of hydrogen-bond donors (Lipinski definition) is 1. The predicted molar refractivity (Wildman–Crippen MR) is 111 cm³/mol. The van der Waals surface area contributed by atoms with Crippen LogP contribution < -0.4 is 5.73 Å². The summed E-state index contributed by atoms with van der Waals surface area (Å²) in [5.74, 6) is 2.99. The molecule has 5 heteroatoms. The smallest absolute Gasteiger partial charge is 0.139 e. The van der Waals surface area contributed by atoms with Gasteiger partial charge in [-0.25, -0.2) is 0 Å². The number of halogens is 1. The normalized spacial score (nSPS) is 44.9. The lowest BCUT2D eigenvalue weighted by Crippen LogP contribution is -2.54. The Balaban J connectivity index is 0.00000210. The first-order valence-electron chi connectivity index (χ1n) is 10.5. The summed E-state index contributed by atoms with van der Waals surface area (Å²) >= 11 is 0. The molecule has 0 heterocycles. The second-order valence-corrected chi connectivity index (χ2v) is 9.70. The highest BCUT2D eigenvalue weighted by Crippen LogP contribution is 2.66. The molecule has 0 aromatic rings. The second-order valence-electron chi connectivity index (χ2n) is 9.70. The lowest BCUT2D eigenvalue weighted by atomic mass is 9.44. The summed E-state index contributed by atoms with van der Waals surface area (Å²) in [4.78, 5) is 17.9. The molecule has 0 spiro atoms. The van der Waals surface area contributed by atoms with Crippen molar-refractivity contribution in [3.8, 4) is 0 Å². The maximum atomic E-state index is 12.6. The molecule has 0 radical (unpaired) electrons. The summed E-state index contributed by atoms with van der Waals surface area (Å²) in [5.41, 5.74) is 8.32. The Morgan fingerprint density at radius 1 is 1.19 bits per heavy atom. The van der Waals surface area contributed by atoms with Crippen molar-refractivity contribution in [1.29, 1.82) is 0 Å². The van der Waals surface area contributed by atoms with Crippen LogP contribution in [0.5, 0.6) is 0 Å². The van der Waals surface area contributed by atoms with Crippen LogP contribution >= 0.6 is 12.4 Å². The van der Waals surface area contributed by atoms with Gasteiger partial charge in [0.1, 0.15) is 12.4 Å². The minimum absolute atomic E-state index is 0. The van der Waals surface area contributed by atoms with Gasteiger partial charge in [0.2, 0.25) is 0 Å². The molecule has 4 nitrogen and oxygen atoms in total. The maximum Gasteiger partial charge on any atom is 0.139 e. The molecule has 4 rings (SSSR count). The minimum Gasteiger partial charge on any atom is -0.395 e. The zero-order chi connectivity index (χ0) is 18.5. The maximum absolute atomic E-state index is 12.6. The van der Waals surface area contributed by atoms with E-state index in [1.807, 2.05) is 0 Å². The number of hydrogen-bond acceptors (Lipinski definition) is 4. The molecule has 1 unspecified atom stereocenters. The highest BCUT2D eigenvalue weighted by Gasteiger charge is 2.60. The molecule has 0 aliphatic heterocycles. The van der Waals surface area contributed by atoms with Gasteiger partial charge < -0.3 is 10.6 Å². The van der Waals surface area contributed by atoms with Gasteiger partial charge >= 0.3 is 0 Å². The summed E-state index contributed by atoms with van der Waals surface area (Å²) < 4.78 is 0. The van der Waals surface area contributed by atoms with Gasteiger partial charge in [0, 0.05) is 18.4 Å². The van der Waals surface area contributed by atoms with E-state index < -0.39 is 0 Å². The van der Waals surface area contributed by atoms with Crippen molar-refractivity contribution in [3.63, 3.8) is 0 Å². The lowest BCUT2D eigenvalue weighted by molar-refractivity contribution is -0.134. The minimum atomic E-state index is -0.0536. The topological polar surface area (TPSA) is 64.7 Å². The summed E-state index contributed by atoms with van der Waals surface area (Å²) in [6, 6.07) is 0. The van der Waals surface area contributed by atoms with Crippen LogP contribution in [-0.2, 0) is 9.63 Å². The third-order valence-corrected chi connectivity index (χ3v) is 8.57. The largest absolute Gasteiger partial charge is 0.395 e. The van der Waals surface area contributed by atoms with Crippen molar-refractivity contribution < 1.29 is 9.63 Å². The summed E-state index contributed by atoms with van der Waals surface area (Å²) in [5, 5.41) is 4.36. The summed E-state index contributed by atoms with van der Waals surface area (Å²) in [7, 11) is 0. The van der Waals surface area contributed by atoms with Crippen LogP contribution in [0.3, 0.4) is 0 Å². The zero-order valence-electron chi connectivity index (χ0n) is 16.8. The molecular formula is C22H35ClN2O2. The molecule has 4 saturated carbocycles. The van der Waals surface area contributed by atoms with Crippen LogP contribution in [0.2, 0.25) is 0 Å². The van der Waals surface area contributed by atoms with Gasteiger partial charge in [0.25, 0.3) is 0 Å². The molecule has 27 heavy (non-hydrogen) atoms. The van der Waals surface area contributed by atoms with Gasteiger partial charge in [-0.15, -0.1) is 12.4 Å². The van der Waals surface area contributed by atoms with E-state index in [1.165, 1.54) is 24.1 Å². The Bertz CT molecular complexity index is 648. The van der Waals surface area contributed by atoms with Crippen molar-refractivity contribution in [2.45, 2.75) is 65.2 Å². The molecule has 2 N–H and O–H groups in total. The third kappa shape index (κ3) is 3.17. The van der Waals surface area contributed by atoms with Crippen molar-refractivity contribution in [2.24, 2.45) is 45.4 Å². The molecule has 152 valence electrons. The Morgan fingerprint density at radius 2 is 1.96 bits per heavy atom. The van der Waals surface area contributed by atoms with Gasteiger partial charge in [-0.1, -0.05) is 31.2 Å². The standard InChI is InChI=1S/C22H34N2O2.ClH/c1-14-12-16-17-4-5-20(25)22(17,3)9-7-18(16)21(2)8-6-15(13-19(14)21)24-26-11-10-23;/h16-19H,1,4-13,23H2,2-3H3;1H/t16-,17-,18-,19?,21+,22-;/m0./s1. The fourth-order valence-corrected chi connectivity index (χ4v) is 7.09. The Morgan fingerprint density at radius 3 is 2.70 bits per heavy atom. The van der Waals surface area contributed by atoms with Crippen molar-refractivity contribution in [2.75, 3.05) is 13.2 Å². The molecule has 0 aromatic heterocycles. The Hall–Kier alpha value is -0.870.